The van der Waals surface area contributed by atoms with Gasteiger partial charge in [0.25, 0.3) is 0 Å². The third kappa shape index (κ3) is 2.30. The molecule has 0 aliphatic carbocycles. The molecule has 1 unspecified atom stereocenters. The predicted molar refractivity (Wildman–Crippen MR) is 74.5 cm³/mol. The summed E-state index contributed by atoms with van der Waals surface area (Å²) in [6, 6.07) is 9.51. The van der Waals surface area contributed by atoms with Gasteiger partial charge in [0.2, 0.25) is 5.91 Å². The van der Waals surface area contributed by atoms with E-state index in [1.165, 1.54) is 0 Å². The normalized spacial score (nSPS) is 23.6. The van der Waals surface area contributed by atoms with Gasteiger partial charge in [-0.05, 0) is 12.5 Å². The lowest BCUT2D eigenvalue weighted by atomic mass is 9.91. The second-order valence-corrected chi connectivity index (χ2v) is 5.06. The highest BCUT2D eigenvalue weighted by molar-refractivity contribution is 6.24. The van der Waals surface area contributed by atoms with Crippen molar-refractivity contribution in [1.29, 1.82) is 5.26 Å². The van der Waals surface area contributed by atoms with Crippen molar-refractivity contribution >= 4 is 17.3 Å². The van der Waals surface area contributed by atoms with Crippen LogP contribution in [-0.4, -0.2) is 31.4 Å². The summed E-state index contributed by atoms with van der Waals surface area (Å²) < 4.78 is 5.13. The molecule has 1 atom stereocenters. The highest BCUT2D eigenvalue weighted by Crippen LogP contribution is 2.26. The Kier molecular flexibility index (Phi) is 3.48. The number of carbonyl (C=O) groups excluding carboxylic acids is 1. The number of anilines is 1. The van der Waals surface area contributed by atoms with Crippen molar-refractivity contribution in [2.75, 3.05) is 25.1 Å². The van der Waals surface area contributed by atoms with Gasteiger partial charge in [-0.3, -0.25) is 9.79 Å². The third-order valence-electron chi connectivity index (χ3n) is 3.65. The summed E-state index contributed by atoms with van der Waals surface area (Å²) in [5.74, 6) is -0.549. The number of carbonyl (C=O) groups is 1. The quantitative estimate of drug-likeness (QED) is 0.905. The van der Waals surface area contributed by atoms with Crippen LogP contribution in [0.2, 0.25) is 0 Å². The highest BCUT2D eigenvalue weighted by atomic mass is 16.5. The number of nitrogens with zero attached hydrogens (tertiary/aromatic N) is 2. The van der Waals surface area contributed by atoms with E-state index in [1.54, 1.807) is 0 Å². The molecule has 1 aromatic carbocycles. The molecule has 2 aliphatic heterocycles. The Morgan fingerprint density at radius 2 is 2.20 bits per heavy atom. The molecule has 1 N–H and O–H groups in total. The fraction of sp³-hybridized carbons (Fsp3) is 0.400. The lowest BCUT2D eigenvalue weighted by Gasteiger charge is -2.26. The predicted octanol–water partition coefficient (Wildman–Crippen LogP) is 1.60. The molecule has 0 aromatic heterocycles. The SMILES string of the molecule is N#CC1C(=O)Nc2ccccc2C1=NCCC1COC1. The maximum absolute atomic E-state index is 11.9. The summed E-state index contributed by atoms with van der Waals surface area (Å²) in [5.41, 5.74) is 2.17. The number of nitriles is 1. The molecule has 2 heterocycles. The molecule has 5 nitrogen and oxygen atoms in total. The van der Waals surface area contributed by atoms with Crippen LogP contribution in [0.4, 0.5) is 5.69 Å². The Labute approximate surface area is 117 Å². The molecule has 102 valence electrons. The first-order valence-corrected chi connectivity index (χ1v) is 6.71. The van der Waals surface area contributed by atoms with E-state index in [1.807, 2.05) is 30.3 Å². The van der Waals surface area contributed by atoms with Crippen LogP contribution < -0.4 is 5.32 Å². The number of amides is 1. The highest BCUT2D eigenvalue weighted by Gasteiger charge is 2.32. The van der Waals surface area contributed by atoms with Crippen LogP contribution in [0.1, 0.15) is 12.0 Å². The van der Waals surface area contributed by atoms with Gasteiger partial charge in [0, 0.05) is 23.7 Å². The molecule has 0 saturated carbocycles. The van der Waals surface area contributed by atoms with E-state index < -0.39 is 5.92 Å². The van der Waals surface area contributed by atoms with Crippen molar-refractivity contribution in [3.05, 3.63) is 29.8 Å². The number of nitrogens with one attached hydrogen (secondary N) is 1. The number of benzene rings is 1. The van der Waals surface area contributed by atoms with Gasteiger partial charge in [0.05, 0.1) is 25.0 Å². The summed E-state index contributed by atoms with van der Waals surface area (Å²) in [7, 11) is 0. The summed E-state index contributed by atoms with van der Waals surface area (Å²) in [6.07, 6.45) is 0.936. The largest absolute Gasteiger partial charge is 0.381 e. The fourth-order valence-corrected chi connectivity index (χ4v) is 2.42. The molecule has 3 rings (SSSR count). The number of hydrogen-bond donors (Lipinski definition) is 1. The summed E-state index contributed by atoms with van der Waals surface area (Å²) in [5, 5.41) is 12.0. The van der Waals surface area contributed by atoms with E-state index >= 15 is 0 Å². The van der Waals surface area contributed by atoms with E-state index in [9.17, 15) is 10.1 Å². The molecule has 1 aromatic rings. The molecule has 0 spiro atoms. The molecular formula is C15H15N3O2. The Bertz CT molecular complexity index is 599. The van der Waals surface area contributed by atoms with Crippen molar-refractivity contribution < 1.29 is 9.53 Å². The smallest absolute Gasteiger partial charge is 0.247 e. The Morgan fingerprint density at radius 1 is 1.40 bits per heavy atom. The number of fused-ring (bicyclic) bond motifs is 1. The monoisotopic (exact) mass is 269 g/mol. The van der Waals surface area contributed by atoms with Gasteiger partial charge < -0.3 is 10.1 Å². The second-order valence-electron chi connectivity index (χ2n) is 5.06. The van der Waals surface area contributed by atoms with Crippen molar-refractivity contribution in [3.8, 4) is 6.07 Å². The first kappa shape index (κ1) is 12.8. The lowest BCUT2D eigenvalue weighted by Crippen LogP contribution is -2.35. The minimum absolute atomic E-state index is 0.295. The zero-order chi connectivity index (χ0) is 13.9. The van der Waals surface area contributed by atoms with E-state index in [0.29, 0.717) is 18.2 Å². The van der Waals surface area contributed by atoms with Gasteiger partial charge in [-0.1, -0.05) is 18.2 Å². The molecule has 0 bridgehead atoms. The molecule has 1 saturated heterocycles. The van der Waals surface area contributed by atoms with Crippen LogP contribution in [0.15, 0.2) is 29.3 Å². The van der Waals surface area contributed by atoms with Gasteiger partial charge in [-0.2, -0.15) is 5.26 Å². The van der Waals surface area contributed by atoms with Crippen LogP contribution in [0.25, 0.3) is 0 Å². The first-order chi connectivity index (χ1) is 9.79. The van der Waals surface area contributed by atoms with E-state index in [2.05, 4.69) is 10.3 Å². The zero-order valence-electron chi connectivity index (χ0n) is 11.0. The van der Waals surface area contributed by atoms with Crippen LogP contribution in [0.3, 0.4) is 0 Å². The van der Waals surface area contributed by atoms with Crippen molar-refractivity contribution in [2.24, 2.45) is 16.8 Å². The van der Waals surface area contributed by atoms with Crippen LogP contribution >= 0.6 is 0 Å². The van der Waals surface area contributed by atoms with Gasteiger partial charge >= 0.3 is 0 Å². The van der Waals surface area contributed by atoms with Gasteiger partial charge in [0.15, 0.2) is 5.92 Å². The van der Waals surface area contributed by atoms with Gasteiger partial charge in [-0.15, -0.1) is 0 Å². The Morgan fingerprint density at radius 3 is 2.90 bits per heavy atom. The Hall–Kier alpha value is -2.19. The molecule has 5 heteroatoms. The number of rotatable bonds is 3. The standard InChI is InChI=1S/C15H15N3O2/c16-7-12-14(17-6-5-10-8-20-9-10)11-3-1-2-4-13(11)18-15(12)19/h1-4,10,12H,5-6,8-9H2,(H,18,19). The molecule has 20 heavy (non-hydrogen) atoms. The lowest BCUT2D eigenvalue weighted by molar-refractivity contribution is -0.116. The van der Waals surface area contributed by atoms with Gasteiger partial charge in [0.1, 0.15) is 0 Å². The van der Waals surface area contributed by atoms with Crippen LogP contribution in [0.5, 0.6) is 0 Å². The fourth-order valence-electron chi connectivity index (χ4n) is 2.42. The molecule has 0 radical (unpaired) electrons. The second kappa shape index (κ2) is 5.43. The van der Waals surface area contributed by atoms with Crippen molar-refractivity contribution in [2.45, 2.75) is 6.42 Å². The maximum atomic E-state index is 11.9. The summed E-state index contributed by atoms with van der Waals surface area (Å²) in [4.78, 5) is 16.5. The zero-order valence-corrected chi connectivity index (χ0v) is 11.0. The summed E-state index contributed by atoms with van der Waals surface area (Å²) in [6.45, 7) is 2.22. The maximum Gasteiger partial charge on any atom is 0.247 e. The van der Waals surface area contributed by atoms with E-state index in [0.717, 1.165) is 30.9 Å². The van der Waals surface area contributed by atoms with E-state index in [-0.39, 0.29) is 5.91 Å². The summed E-state index contributed by atoms with van der Waals surface area (Å²) >= 11 is 0. The van der Waals surface area contributed by atoms with E-state index in [4.69, 9.17) is 4.74 Å². The molecule has 2 aliphatic rings. The number of para-hydroxylation sites is 1. The average Bonchev–Trinajstić information content (AvgIpc) is 2.41. The number of ether oxygens (including phenoxy) is 1. The molecular weight excluding hydrogens is 254 g/mol. The average molecular weight is 269 g/mol. The minimum atomic E-state index is -0.817. The Balaban J connectivity index is 1.86. The molecule has 1 fully saturated rings. The molecule has 1 amide bonds. The first-order valence-electron chi connectivity index (χ1n) is 6.71. The van der Waals surface area contributed by atoms with Gasteiger partial charge in [-0.25, -0.2) is 0 Å². The topological polar surface area (TPSA) is 74.5 Å². The number of aliphatic imine (C=N–C) groups is 1. The van der Waals surface area contributed by atoms with Crippen LogP contribution in [0, 0.1) is 23.2 Å². The minimum Gasteiger partial charge on any atom is -0.381 e. The van der Waals surface area contributed by atoms with Crippen LogP contribution in [-0.2, 0) is 9.53 Å². The van der Waals surface area contributed by atoms with Crippen molar-refractivity contribution in [3.63, 3.8) is 0 Å². The third-order valence-corrected chi connectivity index (χ3v) is 3.65. The van der Waals surface area contributed by atoms with Crippen molar-refractivity contribution in [1.82, 2.24) is 0 Å². The number of hydrogen-bond acceptors (Lipinski definition) is 4.